The van der Waals surface area contributed by atoms with Gasteiger partial charge in [0.25, 0.3) is 0 Å². The predicted molar refractivity (Wildman–Crippen MR) is 91.6 cm³/mol. The maximum atomic E-state index is 12.2. The Hall–Kier alpha value is -2.24. The number of anilines is 1. The second-order valence-corrected chi connectivity index (χ2v) is 6.35. The number of carbonyl (C=O) groups excluding carboxylic acids is 2. The molecule has 23 heavy (non-hydrogen) atoms. The molecule has 4 amide bonds. The van der Waals surface area contributed by atoms with Crippen molar-refractivity contribution in [3.05, 3.63) is 29.8 Å². The van der Waals surface area contributed by atoms with Crippen molar-refractivity contribution in [2.45, 2.75) is 20.8 Å². The average Bonchev–Trinajstić information content (AvgIpc) is 2.55. The lowest BCUT2D eigenvalue weighted by atomic mass is 10.2. The first-order valence-electron chi connectivity index (χ1n) is 8.11. The van der Waals surface area contributed by atoms with Gasteiger partial charge in [0.1, 0.15) is 0 Å². The van der Waals surface area contributed by atoms with Gasteiger partial charge < -0.3 is 20.4 Å². The van der Waals surface area contributed by atoms with Gasteiger partial charge in [0.15, 0.2) is 0 Å². The van der Waals surface area contributed by atoms with Gasteiger partial charge in [-0.25, -0.2) is 9.59 Å². The number of urea groups is 2. The minimum absolute atomic E-state index is 0.0442. The van der Waals surface area contributed by atoms with E-state index in [2.05, 4.69) is 24.5 Å². The van der Waals surface area contributed by atoms with Crippen LogP contribution in [0.1, 0.15) is 19.4 Å². The number of nitrogens with zero attached hydrogens (tertiary/aromatic N) is 2. The van der Waals surface area contributed by atoms with E-state index in [0.717, 1.165) is 11.3 Å². The van der Waals surface area contributed by atoms with Crippen LogP contribution in [0, 0.1) is 12.8 Å². The molecule has 1 aliphatic heterocycles. The summed E-state index contributed by atoms with van der Waals surface area (Å²) in [6, 6.07) is 7.55. The highest BCUT2D eigenvalue weighted by Gasteiger charge is 2.24. The number of hydrogen-bond donors (Lipinski definition) is 2. The number of rotatable bonds is 3. The van der Waals surface area contributed by atoms with Crippen LogP contribution in [0.25, 0.3) is 0 Å². The molecule has 1 heterocycles. The number of hydrogen-bond acceptors (Lipinski definition) is 2. The second-order valence-electron chi connectivity index (χ2n) is 6.35. The molecule has 2 N–H and O–H groups in total. The van der Waals surface area contributed by atoms with Gasteiger partial charge in [0, 0.05) is 38.4 Å². The first-order valence-corrected chi connectivity index (χ1v) is 8.11. The molecule has 0 atom stereocenters. The van der Waals surface area contributed by atoms with Gasteiger partial charge in [0.2, 0.25) is 0 Å². The summed E-state index contributed by atoms with van der Waals surface area (Å²) in [7, 11) is 0. The number of carbonyl (C=O) groups is 2. The summed E-state index contributed by atoms with van der Waals surface area (Å²) in [6.45, 7) is 9.03. The normalized spacial score (nSPS) is 14.8. The molecule has 6 nitrogen and oxygen atoms in total. The molecule has 1 aliphatic rings. The fraction of sp³-hybridized carbons (Fsp3) is 0.529. The van der Waals surface area contributed by atoms with Crippen molar-refractivity contribution in [2.75, 3.05) is 38.0 Å². The fourth-order valence-electron chi connectivity index (χ4n) is 2.36. The van der Waals surface area contributed by atoms with Crippen LogP contribution < -0.4 is 10.6 Å². The summed E-state index contributed by atoms with van der Waals surface area (Å²) in [5.74, 6) is 0.431. The van der Waals surface area contributed by atoms with Gasteiger partial charge in [-0.15, -0.1) is 0 Å². The van der Waals surface area contributed by atoms with Gasteiger partial charge in [-0.05, 0) is 25.0 Å². The molecule has 0 spiro atoms. The Labute approximate surface area is 137 Å². The van der Waals surface area contributed by atoms with E-state index < -0.39 is 0 Å². The van der Waals surface area contributed by atoms with Crippen molar-refractivity contribution in [1.29, 1.82) is 0 Å². The lowest BCUT2D eigenvalue weighted by Gasteiger charge is -2.34. The summed E-state index contributed by atoms with van der Waals surface area (Å²) in [5.41, 5.74) is 1.95. The first kappa shape index (κ1) is 17.1. The Balaban J connectivity index is 1.78. The van der Waals surface area contributed by atoms with Crippen molar-refractivity contribution in [3.63, 3.8) is 0 Å². The van der Waals surface area contributed by atoms with Crippen molar-refractivity contribution in [2.24, 2.45) is 5.92 Å². The standard InChI is InChI=1S/C17H26N4O2/c1-13(2)12-18-16(22)20-8-10-21(11-9-20)17(23)19-15-6-4-14(3)5-7-15/h4-7,13H,8-12H2,1-3H3,(H,18,22)(H,19,23). The zero-order valence-corrected chi connectivity index (χ0v) is 14.1. The van der Waals surface area contributed by atoms with Gasteiger partial charge >= 0.3 is 12.1 Å². The molecule has 0 aliphatic carbocycles. The molecule has 1 saturated heterocycles. The van der Waals surface area contributed by atoms with E-state index in [1.54, 1.807) is 9.80 Å². The third-order valence-electron chi connectivity index (χ3n) is 3.82. The van der Waals surface area contributed by atoms with Crippen LogP contribution in [0.2, 0.25) is 0 Å². The van der Waals surface area contributed by atoms with E-state index >= 15 is 0 Å². The van der Waals surface area contributed by atoms with Crippen molar-refractivity contribution in [1.82, 2.24) is 15.1 Å². The predicted octanol–water partition coefficient (Wildman–Crippen LogP) is 2.51. The smallest absolute Gasteiger partial charge is 0.321 e. The maximum absolute atomic E-state index is 12.2. The molecule has 126 valence electrons. The highest BCUT2D eigenvalue weighted by Crippen LogP contribution is 2.11. The molecule has 1 aromatic rings. The van der Waals surface area contributed by atoms with Crippen LogP contribution in [0.15, 0.2) is 24.3 Å². The van der Waals surface area contributed by atoms with Crippen molar-refractivity contribution < 1.29 is 9.59 Å². The van der Waals surface area contributed by atoms with Gasteiger partial charge in [0.05, 0.1) is 0 Å². The van der Waals surface area contributed by atoms with Crippen LogP contribution >= 0.6 is 0 Å². The summed E-state index contributed by atoms with van der Waals surface area (Å²) in [6.07, 6.45) is 0. The van der Waals surface area contributed by atoms with Crippen LogP contribution in [-0.2, 0) is 0 Å². The Bertz CT molecular complexity index is 534. The molecular formula is C17H26N4O2. The third-order valence-corrected chi connectivity index (χ3v) is 3.82. The number of aryl methyl sites for hydroxylation is 1. The number of amides is 4. The van der Waals surface area contributed by atoms with E-state index in [-0.39, 0.29) is 12.1 Å². The minimum Gasteiger partial charge on any atom is -0.338 e. The van der Waals surface area contributed by atoms with Crippen LogP contribution in [0.3, 0.4) is 0 Å². The van der Waals surface area contributed by atoms with Crippen LogP contribution in [-0.4, -0.2) is 54.6 Å². The Morgan fingerprint density at radius 1 is 1.00 bits per heavy atom. The third kappa shape index (κ3) is 5.16. The molecule has 0 saturated carbocycles. The molecular weight excluding hydrogens is 292 g/mol. The Kier molecular flexibility index (Phi) is 5.84. The minimum atomic E-state index is -0.115. The van der Waals surface area contributed by atoms with E-state index in [0.29, 0.717) is 38.6 Å². The van der Waals surface area contributed by atoms with Crippen molar-refractivity contribution in [3.8, 4) is 0 Å². The number of piperazine rings is 1. The Morgan fingerprint density at radius 3 is 2.04 bits per heavy atom. The van der Waals surface area contributed by atoms with Gasteiger partial charge in [-0.2, -0.15) is 0 Å². The molecule has 0 bridgehead atoms. The first-order chi connectivity index (χ1) is 11.0. The highest BCUT2D eigenvalue weighted by molar-refractivity contribution is 5.89. The largest absolute Gasteiger partial charge is 0.338 e. The fourth-order valence-corrected chi connectivity index (χ4v) is 2.36. The molecule has 0 unspecified atom stereocenters. The van der Waals surface area contributed by atoms with E-state index in [4.69, 9.17) is 0 Å². The number of nitrogens with one attached hydrogen (secondary N) is 2. The SMILES string of the molecule is Cc1ccc(NC(=O)N2CCN(C(=O)NCC(C)C)CC2)cc1. The molecule has 1 fully saturated rings. The molecule has 0 aromatic heterocycles. The average molecular weight is 318 g/mol. The zero-order chi connectivity index (χ0) is 16.8. The van der Waals surface area contributed by atoms with E-state index in [1.165, 1.54) is 0 Å². The Morgan fingerprint density at radius 2 is 1.52 bits per heavy atom. The quantitative estimate of drug-likeness (QED) is 0.899. The number of benzene rings is 1. The summed E-state index contributed by atoms with van der Waals surface area (Å²) in [5, 5.41) is 5.80. The summed E-state index contributed by atoms with van der Waals surface area (Å²) >= 11 is 0. The lowest BCUT2D eigenvalue weighted by molar-refractivity contribution is 0.148. The van der Waals surface area contributed by atoms with Gasteiger partial charge in [-0.3, -0.25) is 0 Å². The van der Waals surface area contributed by atoms with Crippen LogP contribution in [0.4, 0.5) is 15.3 Å². The zero-order valence-electron chi connectivity index (χ0n) is 14.1. The monoisotopic (exact) mass is 318 g/mol. The van der Waals surface area contributed by atoms with Gasteiger partial charge in [-0.1, -0.05) is 31.5 Å². The second kappa shape index (κ2) is 7.85. The van der Waals surface area contributed by atoms with Crippen molar-refractivity contribution >= 4 is 17.7 Å². The van der Waals surface area contributed by atoms with Crippen LogP contribution in [0.5, 0.6) is 0 Å². The molecule has 0 radical (unpaired) electrons. The molecule has 6 heteroatoms. The maximum Gasteiger partial charge on any atom is 0.321 e. The van der Waals surface area contributed by atoms with E-state index in [1.807, 2.05) is 31.2 Å². The topological polar surface area (TPSA) is 64.7 Å². The van der Waals surface area contributed by atoms with E-state index in [9.17, 15) is 9.59 Å². The molecule has 2 rings (SSSR count). The highest BCUT2D eigenvalue weighted by atomic mass is 16.2. The summed E-state index contributed by atoms with van der Waals surface area (Å²) in [4.78, 5) is 27.7. The lowest BCUT2D eigenvalue weighted by Crippen LogP contribution is -2.54. The summed E-state index contributed by atoms with van der Waals surface area (Å²) < 4.78 is 0. The molecule has 1 aromatic carbocycles.